The molecule has 4 nitrogen and oxygen atoms in total. The minimum atomic E-state index is -3.44. The number of rotatable bonds is 6. The van der Waals surface area contributed by atoms with Crippen molar-refractivity contribution in [2.45, 2.75) is 25.7 Å². The number of benzene rings is 2. The van der Waals surface area contributed by atoms with E-state index in [1.54, 1.807) is 30.3 Å². The molecule has 112 valence electrons. The van der Waals surface area contributed by atoms with Gasteiger partial charge in [-0.1, -0.05) is 43.3 Å². The van der Waals surface area contributed by atoms with Crippen molar-refractivity contribution < 1.29 is 13.5 Å². The number of nitrogens with one attached hydrogen (secondary N) is 1. The summed E-state index contributed by atoms with van der Waals surface area (Å²) in [5, 5.41) is 8.97. The Bertz CT molecular complexity index is 694. The first-order valence-electron chi connectivity index (χ1n) is 6.80. The number of aliphatic hydroxyl groups is 1. The van der Waals surface area contributed by atoms with Gasteiger partial charge in [0, 0.05) is 5.69 Å². The molecule has 0 aliphatic carbocycles. The van der Waals surface area contributed by atoms with E-state index in [2.05, 4.69) is 4.72 Å². The highest BCUT2D eigenvalue weighted by atomic mass is 32.2. The summed E-state index contributed by atoms with van der Waals surface area (Å²) in [6.45, 7) is 1.98. The van der Waals surface area contributed by atoms with Crippen molar-refractivity contribution >= 4 is 15.7 Å². The standard InChI is InChI=1S/C16H19NO3S/c1-2-13-4-3-5-16(10-13)17-21(19,20)12-15-8-6-14(11-18)7-9-15/h3-10,17-18H,2,11-12H2,1H3. The Morgan fingerprint density at radius 3 is 2.29 bits per heavy atom. The molecule has 0 spiro atoms. The van der Waals surface area contributed by atoms with Crippen LogP contribution in [-0.4, -0.2) is 13.5 Å². The molecule has 0 saturated carbocycles. The van der Waals surface area contributed by atoms with Crippen LogP contribution in [0, 0.1) is 0 Å². The van der Waals surface area contributed by atoms with Gasteiger partial charge in [-0.15, -0.1) is 0 Å². The number of anilines is 1. The molecule has 0 fully saturated rings. The first-order valence-corrected chi connectivity index (χ1v) is 8.46. The molecule has 0 saturated heterocycles. The van der Waals surface area contributed by atoms with Gasteiger partial charge in [0.25, 0.3) is 0 Å². The summed E-state index contributed by atoms with van der Waals surface area (Å²) in [4.78, 5) is 0. The van der Waals surface area contributed by atoms with Gasteiger partial charge in [-0.3, -0.25) is 4.72 Å². The molecule has 0 amide bonds. The van der Waals surface area contributed by atoms with E-state index in [0.29, 0.717) is 11.3 Å². The lowest BCUT2D eigenvalue weighted by Gasteiger charge is -2.09. The Balaban J connectivity index is 2.10. The third-order valence-electron chi connectivity index (χ3n) is 3.17. The number of hydrogen-bond donors (Lipinski definition) is 2. The van der Waals surface area contributed by atoms with E-state index in [9.17, 15) is 8.42 Å². The lowest BCUT2D eigenvalue weighted by atomic mass is 10.1. The number of hydrogen-bond acceptors (Lipinski definition) is 3. The molecule has 0 atom stereocenters. The molecule has 21 heavy (non-hydrogen) atoms. The first kappa shape index (κ1) is 15.5. The van der Waals surface area contributed by atoms with Gasteiger partial charge in [-0.2, -0.15) is 0 Å². The van der Waals surface area contributed by atoms with Crippen LogP contribution in [0.25, 0.3) is 0 Å². The van der Waals surface area contributed by atoms with Crippen LogP contribution in [0.2, 0.25) is 0 Å². The SMILES string of the molecule is CCc1cccc(NS(=O)(=O)Cc2ccc(CO)cc2)c1. The lowest BCUT2D eigenvalue weighted by Crippen LogP contribution is -2.15. The van der Waals surface area contributed by atoms with Gasteiger partial charge in [0.2, 0.25) is 10.0 Å². The molecule has 2 aromatic rings. The van der Waals surface area contributed by atoms with Crippen molar-refractivity contribution in [2.75, 3.05) is 4.72 Å². The minimum absolute atomic E-state index is 0.0465. The fourth-order valence-electron chi connectivity index (χ4n) is 2.03. The summed E-state index contributed by atoms with van der Waals surface area (Å²) < 4.78 is 26.9. The van der Waals surface area contributed by atoms with Crippen LogP contribution in [0.1, 0.15) is 23.6 Å². The number of sulfonamides is 1. The summed E-state index contributed by atoms with van der Waals surface area (Å²) in [6, 6.07) is 14.3. The van der Waals surface area contributed by atoms with Gasteiger partial charge in [-0.25, -0.2) is 8.42 Å². The highest BCUT2D eigenvalue weighted by Crippen LogP contribution is 2.15. The summed E-state index contributed by atoms with van der Waals surface area (Å²) >= 11 is 0. The second kappa shape index (κ2) is 6.74. The molecule has 2 rings (SSSR count). The summed E-state index contributed by atoms with van der Waals surface area (Å²) in [6.07, 6.45) is 0.859. The van der Waals surface area contributed by atoms with Crippen LogP contribution in [0.3, 0.4) is 0 Å². The molecular formula is C16H19NO3S. The second-order valence-electron chi connectivity index (χ2n) is 4.89. The Hall–Kier alpha value is -1.85. The molecule has 0 radical (unpaired) electrons. The first-order chi connectivity index (χ1) is 10.0. The summed E-state index contributed by atoms with van der Waals surface area (Å²) in [5.41, 5.74) is 3.12. The molecule has 2 aromatic carbocycles. The van der Waals surface area contributed by atoms with Gasteiger partial charge in [0.05, 0.1) is 12.4 Å². The van der Waals surface area contributed by atoms with Gasteiger partial charge in [0.1, 0.15) is 0 Å². The fraction of sp³-hybridized carbons (Fsp3) is 0.250. The molecule has 0 aromatic heterocycles. The Morgan fingerprint density at radius 1 is 1.00 bits per heavy atom. The van der Waals surface area contributed by atoms with E-state index in [1.165, 1.54) is 0 Å². The van der Waals surface area contributed by atoms with Crippen LogP contribution < -0.4 is 4.72 Å². The molecular weight excluding hydrogens is 286 g/mol. The Labute approximate surface area is 125 Å². The maximum absolute atomic E-state index is 12.2. The summed E-state index contributed by atoms with van der Waals surface area (Å²) in [5.74, 6) is -0.0882. The third kappa shape index (κ3) is 4.58. The topological polar surface area (TPSA) is 66.4 Å². The average Bonchev–Trinajstić information content (AvgIpc) is 2.47. The van der Waals surface area contributed by atoms with Crippen molar-refractivity contribution in [2.24, 2.45) is 0 Å². The molecule has 0 aliphatic rings. The third-order valence-corrected chi connectivity index (χ3v) is 4.43. The second-order valence-corrected chi connectivity index (χ2v) is 6.61. The monoisotopic (exact) mass is 305 g/mol. The fourth-order valence-corrected chi connectivity index (χ4v) is 3.22. The van der Waals surface area contributed by atoms with E-state index in [0.717, 1.165) is 17.5 Å². The van der Waals surface area contributed by atoms with Crippen LogP contribution in [0.15, 0.2) is 48.5 Å². The quantitative estimate of drug-likeness (QED) is 0.862. The van der Waals surface area contributed by atoms with Crippen LogP contribution >= 0.6 is 0 Å². The zero-order valence-electron chi connectivity index (χ0n) is 11.9. The van der Waals surface area contributed by atoms with Gasteiger partial charge in [-0.05, 0) is 35.2 Å². The number of aliphatic hydroxyl groups excluding tert-OH is 1. The van der Waals surface area contributed by atoms with Crippen molar-refractivity contribution in [1.82, 2.24) is 0 Å². The highest BCUT2D eigenvalue weighted by Gasteiger charge is 2.12. The predicted octanol–water partition coefficient (Wildman–Crippen LogP) is 2.68. The lowest BCUT2D eigenvalue weighted by molar-refractivity contribution is 0.282. The van der Waals surface area contributed by atoms with E-state index < -0.39 is 10.0 Å². The Kier molecular flexibility index (Phi) is 4.98. The molecule has 0 heterocycles. The maximum atomic E-state index is 12.2. The largest absolute Gasteiger partial charge is 0.392 e. The molecule has 0 unspecified atom stereocenters. The van der Waals surface area contributed by atoms with E-state index in [4.69, 9.17) is 5.11 Å². The molecule has 0 aliphatic heterocycles. The van der Waals surface area contributed by atoms with Crippen molar-refractivity contribution in [3.8, 4) is 0 Å². The summed E-state index contributed by atoms with van der Waals surface area (Å²) in [7, 11) is -3.44. The Morgan fingerprint density at radius 2 is 1.67 bits per heavy atom. The van der Waals surface area contributed by atoms with Crippen molar-refractivity contribution in [3.63, 3.8) is 0 Å². The van der Waals surface area contributed by atoms with E-state index in [-0.39, 0.29) is 12.4 Å². The maximum Gasteiger partial charge on any atom is 0.236 e. The van der Waals surface area contributed by atoms with Crippen LogP contribution in [0.5, 0.6) is 0 Å². The average molecular weight is 305 g/mol. The molecule has 2 N–H and O–H groups in total. The normalized spacial score (nSPS) is 11.3. The highest BCUT2D eigenvalue weighted by molar-refractivity contribution is 7.91. The zero-order chi connectivity index (χ0) is 15.3. The van der Waals surface area contributed by atoms with Crippen molar-refractivity contribution in [1.29, 1.82) is 0 Å². The van der Waals surface area contributed by atoms with Crippen LogP contribution in [-0.2, 0) is 28.8 Å². The molecule has 5 heteroatoms. The van der Waals surface area contributed by atoms with Gasteiger partial charge in [0.15, 0.2) is 0 Å². The van der Waals surface area contributed by atoms with Crippen molar-refractivity contribution in [3.05, 3.63) is 65.2 Å². The smallest absolute Gasteiger partial charge is 0.236 e. The minimum Gasteiger partial charge on any atom is -0.392 e. The zero-order valence-corrected chi connectivity index (χ0v) is 12.7. The predicted molar refractivity (Wildman–Crippen MR) is 84.4 cm³/mol. The van der Waals surface area contributed by atoms with E-state index in [1.807, 2.05) is 25.1 Å². The van der Waals surface area contributed by atoms with Crippen LogP contribution in [0.4, 0.5) is 5.69 Å². The van der Waals surface area contributed by atoms with Gasteiger partial charge < -0.3 is 5.11 Å². The molecule has 0 bridgehead atoms. The van der Waals surface area contributed by atoms with Gasteiger partial charge >= 0.3 is 0 Å². The number of aryl methyl sites for hydroxylation is 1. The van der Waals surface area contributed by atoms with E-state index >= 15 is 0 Å².